The molecular formula is C17H20N6O3S. The van der Waals surface area contributed by atoms with Crippen LogP contribution in [0.15, 0.2) is 36.7 Å². The Hall–Kier alpha value is -2.85. The molecule has 0 spiro atoms. The van der Waals surface area contributed by atoms with Crippen LogP contribution in [0.1, 0.15) is 18.9 Å². The van der Waals surface area contributed by atoms with Gasteiger partial charge >= 0.3 is 5.69 Å². The first-order chi connectivity index (χ1) is 13.1. The van der Waals surface area contributed by atoms with E-state index in [0.29, 0.717) is 24.5 Å². The average Bonchev–Trinajstić information content (AvgIpc) is 3.27. The Labute approximate surface area is 160 Å². The molecule has 0 radical (unpaired) electrons. The van der Waals surface area contributed by atoms with E-state index in [9.17, 15) is 10.1 Å². The number of nitro groups is 1. The summed E-state index contributed by atoms with van der Waals surface area (Å²) in [5.74, 6) is 0.776. The lowest BCUT2D eigenvalue weighted by Gasteiger charge is -2.08. The predicted octanol–water partition coefficient (Wildman–Crippen LogP) is 3.19. The quantitative estimate of drug-likeness (QED) is 0.261. The molecule has 27 heavy (non-hydrogen) atoms. The molecule has 0 amide bonds. The summed E-state index contributed by atoms with van der Waals surface area (Å²) in [6.07, 6.45) is 3.51. The Morgan fingerprint density at radius 1 is 1.33 bits per heavy atom. The molecule has 0 unspecified atom stereocenters. The number of benzene rings is 1. The van der Waals surface area contributed by atoms with Crippen molar-refractivity contribution in [1.29, 1.82) is 0 Å². The Bertz CT molecular complexity index is 960. The number of rotatable bonds is 9. The van der Waals surface area contributed by atoms with Crippen LogP contribution in [-0.4, -0.2) is 42.7 Å². The number of hydrogen-bond donors (Lipinski definition) is 1. The van der Waals surface area contributed by atoms with Crippen LogP contribution < -0.4 is 0 Å². The van der Waals surface area contributed by atoms with Gasteiger partial charge in [-0.1, -0.05) is 24.3 Å². The highest BCUT2D eigenvalue weighted by Gasteiger charge is 2.11. The zero-order valence-electron chi connectivity index (χ0n) is 14.9. The van der Waals surface area contributed by atoms with Crippen LogP contribution >= 0.6 is 12.2 Å². The van der Waals surface area contributed by atoms with Gasteiger partial charge in [-0.2, -0.15) is 10.2 Å². The van der Waals surface area contributed by atoms with Crippen LogP contribution in [0.4, 0.5) is 5.69 Å². The minimum atomic E-state index is -0.457. The summed E-state index contributed by atoms with van der Waals surface area (Å²) in [6, 6.07) is 7.81. The lowest BCUT2D eigenvalue weighted by Crippen LogP contribution is -2.05. The average molecular weight is 388 g/mol. The third-order valence-electron chi connectivity index (χ3n) is 4.02. The summed E-state index contributed by atoms with van der Waals surface area (Å²) < 4.78 is 9.45. The largest absolute Gasteiger partial charge is 0.382 e. The second kappa shape index (κ2) is 8.69. The Morgan fingerprint density at radius 2 is 2.11 bits per heavy atom. The molecule has 0 aliphatic carbocycles. The van der Waals surface area contributed by atoms with Gasteiger partial charge in [-0.15, -0.1) is 0 Å². The van der Waals surface area contributed by atoms with Crippen molar-refractivity contribution < 1.29 is 9.66 Å². The van der Waals surface area contributed by atoms with Crippen molar-refractivity contribution in [1.82, 2.24) is 24.5 Å². The third-order valence-corrected chi connectivity index (χ3v) is 4.33. The van der Waals surface area contributed by atoms with Crippen molar-refractivity contribution in [3.05, 3.63) is 57.1 Å². The highest BCUT2D eigenvalue weighted by Crippen LogP contribution is 2.19. The molecule has 1 aromatic carbocycles. The van der Waals surface area contributed by atoms with Gasteiger partial charge in [0.1, 0.15) is 12.4 Å². The molecule has 0 aliphatic heterocycles. The fourth-order valence-corrected chi connectivity index (χ4v) is 2.92. The number of H-pyrrole nitrogens is 1. The summed E-state index contributed by atoms with van der Waals surface area (Å²) in [4.78, 5) is 10.3. The monoisotopic (exact) mass is 388 g/mol. The predicted molar refractivity (Wildman–Crippen MR) is 102 cm³/mol. The molecule has 0 saturated heterocycles. The highest BCUT2D eigenvalue weighted by molar-refractivity contribution is 7.71. The van der Waals surface area contributed by atoms with Crippen LogP contribution in [-0.2, 0) is 17.8 Å². The van der Waals surface area contributed by atoms with Gasteiger partial charge in [-0.25, -0.2) is 0 Å². The normalized spacial score (nSPS) is 11.0. The zero-order chi connectivity index (χ0) is 19.2. The van der Waals surface area contributed by atoms with Gasteiger partial charge in [0.25, 0.3) is 0 Å². The van der Waals surface area contributed by atoms with Crippen LogP contribution in [0.2, 0.25) is 0 Å². The summed E-state index contributed by atoms with van der Waals surface area (Å²) in [6.45, 7) is 4.53. The highest BCUT2D eigenvalue weighted by atomic mass is 32.1. The van der Waals surface area contributed by atoms with E-state index in [1.807, 2.05) is 35.8 Å². The van der Waals surface area contributed by atoms with Gasteiger partial charge < -0.3 is 9.30 Å². The van der Waals surface area contributed by atoms with E-state index in [1.54, 1.807) is 0 Å². The molecule has 3 rings (SSSR count). The molecular weight excluding hydrogens is 368 g/mol. The van der Waals surface area contributed by atoms with Crippen molar-refractivity contribution in [3.63, 3.8) is 0 Å². The summed E-state index contributed by atoms with van der Waals surface area (Å²) in [5, 5.41) is 21.9. The topological polar surface area (TPSA) is 104 Å². The summed E-state index contributed by atoms with van der Waals surface area (Å²) in [5.41, 5.74) is 1.90. The second-order valence-corrected chi connectivity index (χ2v) is 6.29. The zero-order valence-corrected chi connectivity index (χ0v) is 15.7. The summed E-state index contributed by atoms with van der Waals surface area (Å²) >= 11 is 5.32. The van der Waals surface area contributed by atoms with Gasteiger partial charge in [0, 0.05) is 25.3 Å². The third kappa shape index (κ3) is 4.66. The molecule has 142 valence electrons. The number of aromatic nitrogens is 5. The molecule has 10 heteroatoms. The van der Waals surface area contributed by atoms with Crippen molar-refractivity contribution in [2.75, 3.05) is 13.2 Å². The fraction of sp³-hybridized carbons (Fsp3) is 0.353. The van der Waals surface area contributed by atoms with Crippen LogP contribution in [0.25, 0.3) is 11.4 Å². The van der Waals surface area contributed by atoms with E-state index in [1.165, 1.54) is 17.1 Å². The van der Waals surface area contributed by atoms with Gasteiger partial charge in [0.05, 0.1) is 11.5 Å². The standard InChI is InChI=1S/C17H20N6O3S/c1-2-26-9-3-8-22-16(19-20-17(22)27)14-6-4-13(5-7-14)11-21-12-15(10-18-21)23(24)25/h4-7,10,12H,2-3,8-9,11H2,1H3,(H,20,27). The van der Waals surface area contributed by atoms with Crippen molar-refractivity contribution in [2.24, 2.45) is 0 Å². The smallest absolute Gasteiger partial charge is 0.307 e. The first kappa shape index (κ1) is 18.9. The summed E-state index contributed by atoms with van der Waals surface area (Å²) in [7, 11) is 0. The first-order valence-electron chi connectivity index (χ1n) is 8.57. The van der Waals surface area contributed by atoms with E-state index in [2.05, 4.69) is 15.3 Å². The van der Waals surface area contributed by atoms with Gasteiger partial charge in [-0.3, -0.25) is 19.9 Å². The number of nitrogens with one attached hydrogen (secondary N) is 1. The Kier molecular flexibility index (Phi) is 6.09. The van der Waals surface area contributed by atoms with E-state index >= 15 is 0 Å². The maximum atomic E-state index is 10.7. The molecule has 1 N–H and O–H groups in total. The molecule has 0 atom stereocenters. The molecule has 0 bridgehead atoms. The fourth-order valence-electron chi connectivity index (χ4n) is 2.69. The van der Waals surface area contributed by atoms with E-state index in [0.717, 1.165) is 29.9 Å². The number of nitrogens with zero attached hydrogens (tertiary/aromatic N) is 5. The lowest BCUT2D eigenvalue weighted by atomic mass is 10.1. The SMILES string of the molecule is CCOCCCn1c(-c2ccc(Cn3cc([N+](=O)[O-])cn3)cc2)n[nH]c1=S. The number of hydrogen-bond acceptors (Lipinski definition) is 6. The van der Waals surface area contributed by atoms with E-state index in [4.69, 9.17) is 17.0 Å². The maximum Gasteiger partial charge on any atom is 0.307 e. The van der Waals surface area contributed by atoms with Crippen molar-refractivity contribution in [3.8, 4) is 11.4 Å². The Balaban J connectivity index is 1.71. The maximum absolute atomic E-state index is 10.7. The second-order valence-electron chi connectivity index (χ2n) is 5.90. The first-order valence-corrected chi connectivity index (χ1v) is 8.98. The number of aromatic amines is 1. The van der Waals surface area contributed by atoms with E-state index < -0.39 is 4.92 Å². The molecule has 2 heterocycles. The molecule has 0 aliphatic rings. The lowest BCUT2D eigenvalue weighted by molar-refractivity contribution is -0.385. The Morgan fingerprint density at radius 3 is 2.78 bits per heavy atom. The minimum absolute atomic E-state index is 0.0192. The van der Waals surface area contributed by atoms with Crippen molar-refractivity contribution >= 4 is 17.9 Å². The molecule has 0 fully saturated rings. The van der Waals surface area contributed by atoms with Gasteiger partial charge in [0.2, 0.25) is 0 Å². The molecule has 3 aromatic rings. The van der Waals surface area contributed by atoms with Gasteiger partial charge in [-0.05, 0) is 31.1 Å². The molecule has 0 saturated carbocycles. The van der Waals surface area contributed by atoms with Crippen LogP contribution in [0, 0.1) is 14.9 Å². The minimum Gasteiger partial charge on any atom is -0.382 e. The van der Waals surface area contributed by atoms with Crippen molar-refractivity contribution in [2.45, 2.75) is 26.4 Å². The number of ether oxygens (including phenoxy) is 1. The molecule has 9 nitrogen and oxygen atoms in total. The van der Waals surface area contributed by atoms with Crippen LogP contribution in [0.5, 0.6) is 0 Å². The van der Waals surface area contributed by atoms with Crippen LogP contribution in [0.3, 0.4) is 0 Å². The van der Waals surface area contributed by atoms with Gasteiger partial charge in [0.15, 0.2) is 10.6 Å². The molecule has 2 aromatic heterocycles. The van der Waals surface area contributed by atoms with E-state index in [-0.39, 0.29) is 5.69 Å².